The number of rotatable bonds is 2. The first-order valence-electron chi connectivity index (χ1n) is 3.42. The predicted molar refractivity (Wildman–Crippen MR) is 47.9 cm³/mol. The zero-order valence-electron chi connectivity index (χ0n) is 6.56. The Hall–Kier alpha value is -0.760. The number of amides is 3. The summed E-state index contributed by atoms with van der Waals surface area (Å²) in [4.78, 5) is 22.9. The zero-order valence-corrected chi connectivity index (χ0v) is 8.27. The van der Waals surface area contributed by atoms with E-state index in [0.717, 1.165) is 4.90 Å². The lowest BCUT2D eigenvalue weighted by Gasteiger charge is -2.24. The first kappa shape index (κ1) is 10.3. The summed E-state index contributed by atoms with van der Waals surface area (Å²) >= 11 is 3.83. The average molecular weight is 224 g/mol. The van der Waals surface area contributed by atoms with E-state index in [1.165, 1.54) is 0 Å². The Bertz CT molecular complexity index is 312. The fourth-order valence-electron chi connectivity index (χ4n) is 0.904. The highest BCUT2D eigenvalue weighted by molar-refractivity contribution is 7.90. The third-order valence-corrected chi connectivity index (χ3v) is 2.74. The molecule has 1 aliphatic heterocycles. The molecule has 1 saturated heterocycles. The summed E-state index contributed by atoms with van der Waals surface area (Å²) in [5.41, 5.74) is 0. The molecule has 3 amide bonds. The molecular formula is C5H8N2O4S2. The summed E-state index contributed by atoms with van der Waals surface area (Å²) in [5.74, 6) is -1.08. The summed E-state index contributed by atoms with van der Waals surface area (Å²) in [6.07, 6.45) is 0. The summed E-state index contributed by atoms with van der Waals surface area (Å²) in [7, 11) is -3.75. The van der Waals surface area contributed by atoms with Crippen LogP contribution in [0.4, 0.5) is 4.79 Å². The highest BCUT2D eigenvalue weighted by Crippen LogP contribution is 2.03. The van der Waals surface area contributed by atoms with E-state index in [-0.39, 0.29) is 6.54 Å². The molecule has 1 N–H and O–H groups in total. The van der Waals surface area contributed by atoms with Gasteiger partial charge >= 0.3 is 6.03 Å². The number of imide groups is 1. The van der Waals surface area contributed by atoms with Gasteiger partial charge in [0.1, 0.15) is 5.75 Å². The summed E-state index contributed by atoms with van der Waals surface area (Å²) in [6.45, 7) is 0.114. The minimum Gasteiger partial charge on any atom is -0.273 e. The van der Waals surface area contributed by atoms with Crippen LogP contribution < -0.4 is 4.72 Å². The van der Waals surface area contributed by atoms with Crippen LogP contribution in [0.15, 0.2) is 0 Å². The van der Waals surface area contributed by atoms with Gasteiger partial charge in [-0.2, -0.15) is 12.6 Å². The predicted octanol–water partition coefficient (Wildman–Crippen LogP) is -1.20. The zero-order chi connectivity index (χ0) is 10.1. The van der Waals surface area contributed by atoms with Crippen molar-refractivity contribution in [2.24, 2.45) is 0 Å². The molecule has 0 radical (unpaired) electrons. The molecule has 0 aliphatic carbocycles. The maximum atomic E-state index is 11.1. The molecule has 1 rings (SSSR count). The van der Waals surface area contributed by atoms with Crippen LogP contribution in [0.2, 0.25) is 0 Å². The molecule has 1 aliphatic rings. The van der Waals surface area contributed by atoms with E-state index in [1.54, 1.807) is 4.72 Å². The third-order valence-electron chi connectivity index (χ3n) is 1.43. The molecule has 0 bridgehead atoms. The van der Waals surface area contributed by atoms with Gasteiger partial charge in [0, 0.05) is 12.3 Å². The highest BCUT2D eigenvalue weighted by Gasteiger charge is 2.33. The second kappa shape index (κ2) is 3.54. The number of thiol groups is 1. The van der Waals surface area contributed by atoms with Crippen molar-refractivity contribution in [2.75, 3.05) is 18.1 Å². The molecular weight excluding hydrogens is 216 g/mol. The van der Waals surface area contributed by atoms with Gasteiger partial charge in [-0.05, 0) is 0 Å². The standard InChI is InChI=1S/C5H8N2O4S2/c8-4-3-13(10,11)6-5(9)7(4)1-2-12/h12H,1-3H2,(H,6,9). The summed E-state index contributed by atoms with van der Waals surface area (Å²) in [5, 5.41) is 0. The number of carbonyl (C=O) groups excluding carboxylic acids is 2. The Morgan fingerprint density at radius 2 is 2.08 bits per heavy atom. The van der Waals surface area contributed by atoms with Crippen molar-refractivity contribution >= 4 is 34.6 Å². The van der Waals surface area contributed by atoms with Crippen molar-refractivity contribution in [3.05, 3.63) is 0 Å². The Balaban J connectivity index is 2.83. The van der Waals surface area contributed by atoms with Crippen molar-refractivity contribution in [1.29, 1.82) is 0 Å². The molecule has 1 fully saturated rings. The first-order chi connectivity index (χ1) is 5.96. The Kier molecular flexibility index (Phi) is 2.81. The maximum absolute atomic E-state index is 11.1. The molecule has 13 heavy (non-hydrogen) atoms. The van der Waals surface area contributed by atoms with Crippen LogP contribution in [0.1, 0.15) is 0 Å². The van der Waals surface area contributed by atoms with E-state index < -0.39 is 27.7 Å². The number of urea groups is 1. The molecule has 0 aromatic heterocycles. The van der Waals surface area contributed by atoms with Crippen LogP contribution in [0.5, 0.6) is 0 Å². The smallest absolute Gasteiger partial charge is 0.273 e. The van der Waals surface area contributed by atoms with Crippen LogP contribution in [-0.2, 0) is 14.8 Å². The minimum atomic E-state index is -3.75. The molecule has 8 heteroatoms. The molecule has 0 saturated carbocycles. The Labute approximate surface area is 80.7 Å². The van der Waals surface area contributed by atoms with Crippen molar-refractivity contribution in [3.8, 4) is 0 Å². The minimum absolute atomic E-state index is 0.114. The Morgan fingerprint density at radius 1 is 1.46 bits per heavy atom. The summed E-state index contributed by atoms with van der Waals surface area (Å²) in [6, 6.07) is -0.898. The number of sulfonamides is 1. The van der Waals surface area contributed by atoms with E-state index in [0.29, 0.717) is 5.75 Å². The molecule has 74 valence electrons. The lowest BCUT2D eigenvalue weighted by atomic mass is 10.5. The number of nitrogens with zero attached hydrogens (tertiary/aromatic N) is 1. The number of hydrogen-bond acceptors (Lipinski definition) is 5. The fraction of sp³-hybridized carbons (Fsp3) is 0.600. The van der Waals surface area contributed by atoms with Gasteiger partial charge in [0.2, 0.25) is 15.9 Å². The van der Waals surface area contributed by atoms with Crippen molar-refractivity contribution in [1.82, 2.24) is 9.62 Å². The van der Waals surface area contributed by atoms with Gasteiger partial charge < -0.3 is 0 Å². The second-order valence-electron chi connectivity index (χ2n) is 2.44. The van der Waals surface area contributed by atoms with Gasteiger partial charge in [0.15, 0.2) is 0 Å². The average Bonchev–Trinajstić information content (AvgIpc) is 1.94. The van der Waals surface area contributed by atoms with Gasteiger partial charge in [0.05, 0.1) is 0 Å². The van der Waals surface area contributed by atoms with E-state index in [9.17, 15) is 18.0 Å². The fourth-order valence-corrected chi connectivity index (χ4v) is 2.03. The molecule has 0 aromatic rings. The van der Waals surface area contributed by atoms with Crippen LogP contribution in [-0.4, -0.2) is 43.3 Å². The normalized spacial score (nSPS) is 21.5. The van der Waals surface area contributed by atoms with Crippen LogP contribution in [0.25, 0.3) is 0 Å². The van der Waals surface area contributed by atoms with E-state index in [2.05, 4.69) is 12.6 Å². The number of carbonyl (C=O) groups is 2. The first-order valence-corrected chi connectivity index (χ1v) is 5.70. The van der Waals surface area contributed by atoms with Gasteiger partial charge in [-0.25, -0.2) is 17.9 Å². The summed E-state index contributed by atoms with van der Waals surface area (Å²) < 4.78 is 23.4. The second-order valence-corrected chi connectivity index (χ2v) is 4.60. The topological polar surface area (TPSA) is 83.5 Å². The lowest BCUT2D eigenvalue weighted by molar-refractivity contribution is -0.125. The third kappa shape index (κ3) is 2.34. The molecule has 0 atom stereocenters. The SMILES string of the molecule is O=C1CS(=O)(=O)NC(=O)N1CCS. The van der Waals surface area contributed by atoms with Crippen molar-refractivity contribution < 1.29 is 18.0 Å². The van der Waals surface area contributed by atoms with E-state index >= 15 is 0 Å². The van der Waals surface area contributed by atoms with Crippen molar-refractivity contribution in [2.45, 2.75) is 0 Å². The largest absolute Gasteiger partial charge is 0.337 e. The number of hydrogen-bond donors (Lipinski definition) is 2. The quantitative estimate of drug-likeness (QED) is 0.577. The Morgan fingerprint density at radius 3 is 2.54 bits per heavy atom. The molecule has 0 unspecified atom stereocenters. The van der Waals surface area contributed by atoms with Gasteiger partial charge in [-0.15, -0.1) is 0 Å². The van der Waals surface area contributed by atoms with E-state index in [1.807, 2.05) is 0 Å². The van der Waals surface area contributed by atoms with Gasteiger partial charge in [-0.1, -0.05) is 0 Å². The van der Waals surface area contributed by atoms with Gasteiger partial charge in [-0.3, -0.25) is 9.69 Å². The van der Waals surface area contributed by atoms with Crippen LogP contribution in [0.3, 0.4) is 0 Å². The molecule has 6 nitrogen and oxygen atoms in total. The molecule has 0 aromatic carbocycles. The number of nitrogens with one attached hydrogen (secondary N) is 1. The molecule has 0 spiro atoms. The van der Waals surface area contributed by atoms with Crippen LogP contribution >= 0.6 is 12.6 Å². The monoisotopic (exact) mass is 224 g/mol. The van der Waals surface area contributed by atoms with Gasteiger partial charge in [0.25, 0.3) is 0 Å². The highest BCUT2D eigenvalue weighted by atomic mass is 32.2. The molecule has 1 heterocycles. The van der Waals surface area contributed by atoms with Crippen LogP contribution in [0, 0.1) is 0 Å². The van der Waals surface area contributed by atoms with Crippen molar-refractivity contribution in [3.63, 3.8) is 0 Å². The van der Waals surface area contributed by atoms with E-state index in [4.69, 9.17) is 0 Å². The lowest BCUT2D eigenvalue weighted by Crippen LogP contribution is -2.55. The maximum Gasteiger partial charge on any atom is 0.337 e.